The van der Waals surface area contributed by atoms with Crippen LogP contribution in [0.3, 0.4) is 0 Å². The Kier molecular flexibility index (Phi) is 3.40. The average molecular weight is 285 g/mol. The molecular weight excluding hydrogens is 266 g/mol. The normalized spacial score (nSPS) is 20.9. The molecule has 106 valence electrons. The van der Waals surface area contributed by atoms with E-state index in [4.69, 9.17) is 11.1 Å². The van der Waals surface area contributed by atoms with Gasteiger partial charge in [0.2, 0.25) is 10.0 Å². The van der Waals surface area contributed by atoms with Gasteiger partial charge in [0.1, 0.15) is 10.7 Å². The summed E-state index contributed by atoms with van der Waals surface area (Å²) in [6.07, 6.45) is 1.33. The molecule has 1 saturated heterocycles. The van der Waals surface area contributed by atoms with Gasteiger partial charge in [-0.25, -0.2) is 8.42 Å². The zero-order valence-corrected chi connectivity index (χ0v) is 12.2. The lowest BCUT2D eigenvalue weighted by Gasteiger charge is -2.23. The van der Waals surface area contributed by atoms with E-state index < -0.39 is 16.1 Å². The summed E-state index contributed by atoms with van der Waals surface area (Å²) in [5.41, 5.74) is 6.58. The van der Waals surface area contributed by atoms with Crippen LogP contribution in [-0.4, -0.2) is 40.9 Å². The third-order valence-electron chi connectivity index (χ3n) is 3.57. The molecular formula is C11H19N5O2S. The van der Waals surface area contributed by atoms with Crippen LogP contribution in [0.2, 0.25) is 0 Å². The van der Waals surface area contributed by atoms with Crippen LogP contribution in [-0.2, 0) is 17.1 Å². The Morgan fingerprint density at radius 2 is 2.11 bits per heavy atom. The number of amidine groups is 1. The molecule has 1 aromatic rings. The van der Waals surface area contributed by atoms with Gasteiger partial charge in [-0.05, 0) is 26.7 Å². The van der Waals surface area contributed by atoms with Crippen molar-refractivity contribution in [2.45, 2.75) is 37.6 Å². The Bertz CT molecular complexity index is 619. The van der Waals surface area contributed by atoms with Gasteiger partial charge in [-0.2, -0.15) is 9.40 Å². The maximum absolute atomic E-state index is 12.7. The van der Waals surface area contributed by atoms with Crippen LogP contribution in [0.15, 0.2) is 4.90 Å². The van der Waals surface area contributed by atoms with E-state index in [0.717, 1.165) is 6.42 Å². The van der Waals surface area contributed by atoms with Gasteiger partial charge in [0, 0.05) is 13.6 Å². The number of rotatable bonds is 3. The van der Waals surface area contributed by atoms with Crippen LogP contribution in [0.4, 0.5) is 0 Å². The van der Waals surface area contributed by atoms with Crippen LogP contribution < -0.4 is 5.73 Å². The predicted molar refractivity (Wildman–Crippen MR) is 71.5 cm³/mol. The molecule has 1 fully saturated rings. The number of aromatic nitrogens is 2. The van der Waals surface area contributed by atoms with Crippen LogP contribution in [0, 0.1) is 19.3 Å². The number of aryl methyl sites for hydroxylation is 2. The molecule has 19 heavy (non-hydrogen) atoms. The Hall–Kier alpha value is -1.41. The Balaban J connectivity index is 2.51. The van der Waals surface area contributed by atoms with Gasteiger partial charge in [0.15, 0.2) is 0 Å². The minimum atomic E-state index is -3.64. The highest BCUT2D eigenvalue weighted by Crippen LogP contribution is 2.29. The highest BCUT2D eigenvalue weighted by atomic mass is 32.2. The van der Waals surface area contributed by atoms with Gasteiger partial charge < -0.3 is 5.73 Å². The van der Waals surface area contributed by atoms with Gasteiger partial charge >= 0.3 is 0 Å². The molecule has 0 radical (unpaired) electrons. The van der Waals surface area contributed by atoms with E-state index in [-0.39, 0.29) is 10.7 Å². The second-order valence-corrected chi connectivity index (χ2v) is 6.68. The van der Waals surface area contributed by atoms with Crippen molar-refractivity contribution < 1.29 is 8.42 Å². The van der Waals surface area contributed by atoms with Gasteiger partial charge in [-0.15, -0.1) is 0 Å². The molecule has 1 aliphatic heterocycles. The van der Waals surface area contributed by atoms with Crippen LogP contribution in [0.25, 0.3) is 0 Å². The first-order chi connectivity index (χ1) is 8.76. The van der Waals surface area contributed by atoms with E-state index in [0.29, 0.717) is 24.4 Å². The Morgan fingerprint density at radius 1 is 1.47 bits per heavy atom. The standard InChI is InChI=1S/C11H19N5O2S/c1-7-10(8(2)15(3)14-7)19(17,18)16-6-4-5-9(16)11(12)13/h9H,4-6H2,1-3H3,(H3,12,13). The third-order valence-corrected chi connectivity index (χ3v) is 5.73. The fraction of sp³-hybridized carbons (Fsp3) is 0.636. The van der Waals surface area contributed by atoms with E-state index in [1.54, 1.807) is 25.6 Å². The summed E-state index contributed by atoms with van der Waals surface area (Å²) >= 11 is 0. The molecule has 8 heteroatoms. The largest absolute Gasteiger partial charge is 0.386 e. The first kappa shape index (κ1) is 14.0. The fourth-order valence-electron chi connectivity index (χ4n) is 2.58. The molecule has 3 N–H and O–H groups in total. The zero-order valence-electron chi connectivity index (χ0n) is 11.3. The minimum absolute atomic E-state index is 0.0970. The number of nitrogens with zero attached hydrogens (tertiary/aromatic N) is 3. The van der Waals surface area contributed by atoms with E-state index in [2.05, 4.69) is 5.10 Å². The number of hydrogen-bond donors (Lipinski definition) is 2. The third kappa shape index (κ3) is 2.14. The molecule has 0 spiro atoms. The lowest BCUT2D eigenvalue weighted by atomic mass is 10.2. The highest BCUT2D eigenvalue weighted by molar-refractivity contribution is 7.89. The van der Waals surface area contributed by atoms with Gasteiger partial charge in [-0.3, -0.25) is 10.1 Å². The lowest BCUT2D eigenvalue weighted by molar-refractivity contribution is 0.442. The summed E-state index contributed by atoms with van der Waals surface area (Å²) in [5.74, 6) is -0.0970. The topological polar surface area (TPSA) is 105 Å². The van der Waals surface area contributed by atoms with Crippen molar-refractivity contribution >= 4 is 15.9 Å². The monoisotopic (exact) mass is 285 g/mol. The maximum Gasteiger partial charge on any atom is 0.247 e. The number of sulfonamides is 1. The molecule has 1 unspecified atom stereocenters. The van der Waals surface area contributed by atoms with Crippen molar-refractivity contribution in [3.05, 3.63) is 11.4 Å². The molecule has 7 nitrogen and oxygen atoms in total. The molecule has 1 aromatic heterocycles. The van der Waals surface area contributed by atoms with E-state index in [1.165, 1.54) is 4.31 Å². The van der Waals surface area contributed by atoms with Crippen molar-refractivity contribution in [3.8, 4) is 0 Å². The average Bonchev–Trinajstić information content (AvgIpc) is 2.85. The minimum Gasteiger partial charge on any atom is -0.386 e. The SMILES string of the molecule is Cc1nn(C)c(C)c1S(=O)(=O)N1CCCC1C(=N)N. The summed E-state index contributed by atoms with van der Waals surface area (Å²) in [5, 5.41) is 11.7. The molecule has 1 atom stereocenters. The van der Waals surface area contributed by atoms with Crippen LogP contribution in [0.5, 0.6) is 0 Å². The Labute approximate surface area is 112 Å². The van der Waals surface area contributed by atoms with Gasteiger partial charge in [0.25, 0.3) is 0 Å². The lowest BCUT2D eigenvalue weighted by Crippen LogP contribution is -2.43. The molecule has 0 aliphatic carbocycles. The number of hydrogen-bond acceptors (Lipinski definition) is 4. The van der Waals surface area contributed by atoms with E-state index in [9.17, 15) is 8.42 Å². The molecule has 0 amide bonds. The molecule has 0 bridgehead atoms. The van der Waals surface area contributed by atoms with Crippen LogP contribution >= 0.6 is 0 Å². The predicted octanol–water partition coefficient (Wildman–Crippen LogP) is 0.126. The summed E-state index contributed by atoms with van der Waals surface area (Å²) in [4.78, 5) is 0.239. The van der Waals surface area contributed by atoms with E-state index >= 15 is 0 Å². The smallest absolute Gasteiger partial charge is 0.247 e. The van der Waals surface area contributed by atoms with Crippen molar-refractivity contribution in [2.75, 3.05) is 6.54 Å². The van der Waals surface area contributed by atoms with Crippen molar-refractivity contribution in [1.82, 2.24) is 14.1 Å². The molecule has 2 rings (SSSR count). The summed E-state index contributed by atoms with van der Waals surface area (Å²) in [6, 6.07) is -0.524. The molecule has 1 aliphatic rings. The fourth-order valence-corrected chi connectivity index (χ4v) is 4.66. The zero-order chi connectivity index (χ0) is 14.4. The summed E-state index contributed by atoms with van der Waals surface area (Å²) in [7, 11) is -1.93. The van der Waals surface area contributed by atoms with Crippen LogP contribution in [0.1, 0.15) is 24.2 Å². The molecule has 2 heterocycles. The van der Waals surface area contributed by atoms with Crippen molar-refractivity contribution in [2.24, 2.45) is 12.8 Å². The second-order valence-electron chi connectivity index (χ2n) is 4.85. The number of nitrogens with one attached hydrogen (secondary N) is 1. The second kappa shape index (κ2) is 4.61. The van der Waals surface area contributed by atoms with Crippen molar-refractivity contribution in [3.63, 3.8) is 0 Å². The van der Waals surface area contributed by atoms with Gasteiger partial charge in [0.05, 0.1) is 17.4 Å². The number of nitrogens with two attached hydrogens (primary N) is 1. The highest BCUT2D eigenvalue weighted by Gasteiger charge is 2.39. The molecule has 0 saturated carbocycles. The van der Waals surface area contributed by atoms with Gasteiger partial charge in [-0.1, -0.05) is 0 Å². The summed E-state index contributed by atoms with van der Waals surface area (Å²) < 4.78 is 28.3. The molecule has 0 aromatic carbocycles. The quantitative estimate of drug-likeness (QED) is 0.608. The Morgan fingerprint density at radius 3 is 2.58 bits per heavy atom. The summed E-state index contributed by atoms with van der Waals surface area (Å²) in [6.45, 7) is 3.81. The van der Waals surface area contributed by atoms with Crippen molar-refractivity contribution in [1.29, 1.82) is 5.41 Å². The van der Waals surface area contributed by atoms with E-state index in [1.807, 2.05) is 0 Å². The first-order valence-electron chi connectivity index (χ1n) is 6.12. The first-order valence-corrected chi connectivity index (χ1v) is 7.56. The maximum atomic E-state index is 12.7.